The molecule has 2 heterocycles. The Bertz CT molecular complexity index is 1600. The Kier molecular flexibility index (Phi) is 37.4. The number of Topliss-reactive ketones (excluding diaryl/α,β-unsaturated/α-hetero) is 1. The van der Waals surface area contributed by atoms with Crippen LogP contribution in [0.5, 0.6) is 0 Å². The van der Waals surface area contributed by atoms with E-state index in [1.54, 1.807) is 23.6 Å². The van der Waals surface area contributed by atoms with Crippen molar-refractivity contribution in [2.75, 3.05) is 26.2 Å². The number of ketones is 1. The highest BCUT2D eigenvalue weighted by atomic mass is 16.6. The summed E-state index contributed by atoms with van der Waals surface area (Å²) in [6.45, 7) is 30.9. The number of aldehydes is 1. The molecule has 0 aromatic carbocycles. The highest BCUT2D eigenvalue weighted by Crippen LogP contribution is 2.23. The molecule has 2 saturated heterocycles. The molecule has 68 heavy (non-hydrogen) atoms. The van der Waals surface area contributed by atoms with E-state index in [9.17, 15) is 43.8 Å². The van der Waals surface area contributed by atoms with Crippen molar-refractivity contribution < 1.29 is 72.3 Å². The Balaban J connectivity index is -0.00000109. The van der Waals surface area contributed by atoms with Crippen LogP contribution < -0.4 is 5.32 Å². The van der Waals surface area contributed by atoms with Crippen molar-refractivity contribution in [3.63, 3.8) is 0 Å². The first kappa shape index (κ1) is 67.2. The number of rotatable bonds is 26. The van der Waals surface area contributed by atoms with E-state index in [1.165, 1.54) is 34.6 Å². The number of allylic oxidation sites excluding steroid dienone is 1. The number of nitrogens with zero attached hydrogens (tertiary/aromatic N) is 2. The topological polar surface area (TPSA) is 242 Å². The van der Waals surface area contributed by atoms with Crippen LogP contribution in [0.25, 0.3) is 0 Å². The zero-order chi connectivity index (χ0) is 51.8. The van der Waals surface area contributed by atoms with Crippen molar-refractivity contribution in [3.8, 4) is 0 Å². The zero-order valence-electron chi connectivity index (χ0n) is 42.2. The highest BCUT2D eigenvalue weighted by molar-refractivity contribution is 5.87. The number of amides is 3. The molecule has 8 unspecified atom stereocenters. The van der Waals surface area contributed by atoms with Gasteiger partial charge in [-0.15, -0.1) is 0 Å². The first-order chi connectivity index (χ1) is 31.3. The minimum atomic E-state index is -0.761. The minimum absolute atomic E-state index is 0. The highest BCUT2D eigenvalue weighted by Gasteiger charge is 2.31. The lowest BCUT2D eigenvalue weighted by atomic mass is 9.99. The fourth-order valence-electron chi connectivity index (χ4n) is 7.04. The lowest BCUT2D eigenvalue weighted by molar-refractivity contribution is -0.153. The van der Waals surface area contributed by atoms with Crippen LogP contribution >= 0.6 is 0 Å². The Morgan fingerprint density at radius 2 is 1.04 bits per heavy atom. The summed E-state index contributed by atoms with van der Waals surface area (Å²) >= 11 is 0. The van der Waals surface area contributed by atoms with Gasteiger partial charge in [-0.25, -0.2) is 9.59 Å². The van der Waals surface area contributed by atoms with Crippen molar-refractivity contribution >= 4 is 47.9 Å². The summed E-state index contributed by atoms with van der Waals surface area (Å²) in [6, 6.07) is -0.170. The number of alkyl carbamates (subject to hydrolysis) is 1. The predicted molar refractivity (Wildman–Crippen MR) is 260 cm³/mol. The van der Waals surface area contributed by atoms with Gasteiger partial charge in [-0.1, -0.05) is 41.0 Å². The maximum Gasteiger partial charge on any atom is 0.407 e. The van der Waals surface area contributed by atoms with Crippen molar-refractivity contribution in [3.05, 3.63) is 36.6 Å². The molecule has 3 N–H and O–H groups in total. The number of likely N-dealkylation sites (tertiary alicyclic amines) is 2. The van der Waals surface area contributed by atoms with Gasteiger partial charge in [-0.3, -0.25) is 19.2 Å². The molecule has 0 bridgehead atoms. The maximum absolute atomic E-state index is 12.1. The molecule has 0 aromatic rings. The van der Waals surface area contributed by atoms with Gasteiger partial charge in [0.2, 0.25) is 11.8 Å². The van der Waals surface area contributed by atoms with E-state index in [-0.39, 0.29) is 69.5 Å². The Hall–Kier alpha value is -5.10. The van der Waals surface area contributed by atoms with Crippen molar-refractivity contribution in [1.82, 2.24) is 15.1 Å². The van der Waals surface area contributed by atoms with Gasteiger partial charge in [0, 0.05) is 83.1 Å². The summed E-state index contributed by atoms with van der Waals surface area (Å²) in [6.07, 6.45) is 2.21. The number of carbonyl (C=O) groups excluding carboxylic acids is 8. The third-order valence-corrected chi connectivity index (χ3v) is 10.2. The van der Waals surface area contributed by atoms with Crippen LogP contribution in [0, 0.1) is 0 Å². The largest absolute Gasteiger partial charge is 0.492 e. The summed E-state index contributed by atoms with van der Waals surface area (Å²) in [7, 11) is 0. The average Bonchev–Trinajstić information content (AvgIpc) is 3.85. The Labute approximate surface area is 406 Å². The number of ether oxygens (including phenoxy) is 5. The number of aliphatic hydroxyl groups is 2. The van der Waals surface area contributed by atoms with Gasteiger partial charge in [-0.05, 0) is 92.6 Å². The van der Waals surface area contributed by atoms with E-state index in [0.29, 0.717) is 68.4 Å². The fourth-order valence-corrected chi connectivity index (χ4v) is 7.04. The molecule has 3 amide bonds. The van der Waals surface area contributed by atoms with Gasteiger partial charge < -0.3 is 58.6 Å². The second-order valence-corrected chi connectivity index (χ2v) is 17.0. The molecule has 0 aromatic heterocycles. The van der Waals surface area contributed by atoms with E-state index >= 15 is 0 Å². The van der Waals surface area contributed by atoms with Crippen LogP contribution in [-0.4, -0.2) is 143 Å². The number of hydrogen-bond acceptors (Lipinski definition) is 15. The Morgan fingerprint density at radius 1 is 0.662 bits per heavy atom. The SMILES string of the molecule is C.C=C(C)C(=C)OCCNC(=O)OC(CC)CC(CC(O)CC(C)N1CCCC1=O)OC(C)=O.C=C(C)C(=O)OC(CC)CC(CC(O)CC(C)N1CCCC1=O)OC(C)=O.CC(C)=O.CC=O. The molecule has 0 aliphatic carbocycles. The standard InChI is InChI=1S/C24H40N2O7.C20H33NO6.C3H6O.C2H4O.CH4/c1-7-21(33-24(30)25-10-12-31-18(5)16(2)3)15-22(32-19(6)27)14-20(28)13-17(4)26-11-8-9-23(26)29;1-6-17(27-20(25)13(2)3)12-18(26-15(5)22)11-16(23)10-14(4)21-9-7-8-19(21)24;1-3(2)4;1-2-3;/h17,20-22,28H,2,5,7-15H2,1,3-4,6H3,(H,25,30);14,16-18,23H,2,6-12H2,1,3-5H3;1-2H3;2H,1H3;1H4. The molecule has 0 saturated carbocycles. The number of aliphatic hydroxyl groups excluding tert-OH is 2. The Morgan fingerprint density at radius 3 is 1.35 bits per heavy atom. The lowest BCUT2D eigenvalue weighted by Crippen LogP contribution is -2.38. The van der Waals surface area contributed by atoms with Crippen LogP contribution in [0.2, 0.25) is 0 Å². The summed E-state index contributed by atoms with van der Waals surface area (Å²) < 4.78 is 26.9. The third-order valence-electron chi connectivity index (χ3n) is 10.2. The van der Waals surface area contributed by atoms with Gasteiger partial charge in [0.25, 0.3) is 0 Å². The fraction of sp³-hybridized carbons (Fsp3) is 0.720. The molecule has 392 valence electrons. The van der Waals surface area contributed by atoms with Gasteiger partial charge in [0.15, 0.2) is 0 Å². The van der Waals surface area contributed by atoms with Crippen LogP contribution in [-0.2, 0) is 57.2 Å². The van der Waals surface area contributed by atoms with Crippen molar-refractivity contribution in [1.29, 1.82) is 0 Å². The van der Waals surface area contributed by atoms with Crippen LogP contribution in [0.15, 0.2) is 36.6 Å². The van der Waals surface area contributed by atoms with E-state index in [1.807, 2.05) is 27.7 Å². The second kappa shape index (κ2) is 37.8. The van der Waals surface area contributed by atoms with E-state index in [0.717, 1.165) is 25.7 Å². The lowest BCUT2D eigenvalue weighted by Gasteiger charge is -2.29. The van der Waals surface area contributed by atoms with Gasteiger partial charge in [0.05, 0.1) is 18.8 Å². The number of nitrogens with one attached hydrogen (secondary N) is 1. The zero-order valence-corrected chi connectivity index (χ0v) is 42.2. The molecule has 0 spiro atoms. The van der Waals surface area contributed by atoms with E-state index in [2.05, 4.69) is 25.1 Å². The van der Waals surface area contributed by atoms with E-state index < -0.39 is 60.6 Å². The quantitative estimate of drug-likeness (QED) is 0.0152. The monoisotopic (exact) mass is 970 g/mol. The first-order valence-corrected chi connectivity index (χ1v) is 23.3. The molecule has 2 rings (SSSR count). The first-order valence-electron chi connectivity index (χ1n) is 23.3. The smallest absolute Gasteiger partial charge is 0.407 e. The molecule has 2 aliphatic heterocycles. The van der Waals surface area contributed by atoms with Gasteiger partial charge >= 0.3 is 24.0 Å². The maximum atomic E-state index is 12.1. The molecular weight excluding hydrogens is 883 g/mol. The average molecular weight is 970 g/mol. The summed E-state index contributed by atoms with van der Waals surface area (Å²) in [5.74, 6) is -0.553. The number of esters is 3. The molecule has 2 aliphatic rings. The van der Waals surface area contributed by atoms with Gasteiger partial charge in [-0.2, -0.15) is 0 Å². The minimum Gasteiger partial charge on any atom is -0.492 e. The summed E-state index contributed by atoms with van der Waals surface area (Å²) in [5.41, 5.74) is 1.02. The van der Waals surface area contributed by atoms with Gasteiger partial charge in [0.1, 0.15) is 48.9 Å². The van der Waals surface area contributed by atoms with Crippen LogP contribution in [0.4, 0.5) is 4.79 Å². The van der Waals surface area contributed by atoms with Crippen molar-refractivity contribution in [2.24, 2.45) is 0 Å². The molecule has 2 fully saturated rings. The summed E-state index contributed by atoms with van der Waals surface area (Å²) in [5, 5.41) is 23.6. The summed E-state index contributed by atoms with van der Waals surface area (Å²) in [4.78, 5) is 92.4. The second-order valence-electron chi connectivity index (χ2n) is 17.0. The van der Waals surface area contributed by atoms with E-state index in [4.69, 9.17) is 28.5 Å². The molecule has 18 heteroatoms. The van der Waals surface area contributed by atoms with Crippen molar-refractivity contribution in [2.45, 2.75) is 209 Å². The third kappa shape index (κ3) is 32.6. The number of hydrogen-bond donors (Lipinski definition) is 3. The molecular formula is C50H87N3O15. The normalized spacial score (nSPS) is 16.2. The molecule has 0 radical (unpaired) electrons. The molecule has 8 atom stereocenters. The molecule has 18 nitrogen and oxygen atoms in total. The van der Waals surface area contributed by atoms with Crippen LogP contribution in [0.3, 0.4) is 0 Å². The predicted octanol–water partition coefficient (Wildman–Crippen LogP) is 6.87. The number of carbonyl (C=O) groups is 8. The van der Waals surface area contributed by atoms with Crippen LogP contribution in [0.1, 0.15) is 161 Å².